The highest BCUT2D eigenvalue weighted by molar-refractivity contribution is 6.36. The summed E-state index contributed by atoms with van der Waals surface area (Å²) in [6, 6.07) is 3.88. The number of piperidine rings is 1. The molecule has 0 saturated carbocycles. The molecule has 3 aromatic rings. The summed E-state index contributed by atoms with van der Waals surface area (Å²) in [6.45, 7) is 5.08. The molecule has 4 rings (SSSR count). The van der Waals surface area contributed by atoms with Gasteiger partial charge < -0.3 is 14.6 Å². The molecule has 1 amide bonds. The Morgan fingerprint density at radius 1 is 1.36 bits per heavy atom. The highest BCUT2D eigenvalue weighted by atomic mass is 35.5. The molecule has 0 aliphatic carbocycles. The number of pyridine rings is 1. The van der Waals surface area contributed by atoms with Crippen molar-refractivity contribution in [2.45, 2.75) is 39.0 Å². The van der Waals surface area contributed by atoms with Gasteiger partial charge in [0.05, 0.1) is 22.3 Å². The molecule has 1 fully saturated rings. The molecule has 1 aliphatic rings. The van der Waals surface area contributed by atoms with Crippen molar-refractivity contribution in [3.63, 3.8) is 0 Å². The Kier molecular flexibility index (Phi) is 5.17. The second-order valence-corrected chi connectivity index (χ2v) is 7.34. The van der Waals surface area contributed by atoms with E-state index in [1.807, 2.05) is 17.9 Å². The van der Waals surface area contributed by atoms with Crippen LogP contribution >= 0.6 is 11.6 Å². The van der Waals surface area contributed by atoms with Crippen LogP contribution < -0.4 is 4.74 Å². The lowest BCUT2D eigenvalue weighted by Crippen LogP contribution is -2.36. The van der Waals surface area contributed by atoms with Gasteiger partial charge in [-0.1, -0.05) is 18.5 Å². The quantitative estimate of drug-likeness (QED) is 0.714. The van der Waals surface area contributed by atoms with E-state index in [0.717, 1.165) is 36.0 Å². The number of likely N-dealkylation sites (tertiary alicyclic amines) is 1. The maximum atomic E-state index is 11.7. The average Bonchev–Trinajstić information content (AvgIpc) is 3.04. The molecule has 0 radical (unpaired) electrons. The van der Waals surface area contributed by atoms with E-state index in [-0.39, 0.29) is 17.8 Å². The van der Waals surface area contributed by atoms with E-state index in [0.29, 0.717) is 29.5 Å². The fourth-order valence-electron chi connectivity index (χ4n) is 3.68. The van der Waals surface area contributed by atoms with Crippen LogP contribution in [0.5, 0.6) is 11.8 Å². The van der Waals surface area contributed by atoms with E-state index in [9.17, 15) is 4.79 Å². The number of aryl methyl sites for hydroxylation is 1. The van der Waals surface area contributed by atoms with Gasteiger partial charge in [0, 0.05) is 37.8 Å². The molecule has 0 bridgehead atoms. The average molecular weight is 400 g/mol. The molecular weight excluding hydrogens is 378 g/mol. The lowest BCUT2D eigenvalue weighted by atomic mass is 9.91. The summed E-state index contributed by atoms with van der Waals surface area (Å²) in [4.78, 5) is 30.2. The Bertz CT molecular complexity index is 997. The van der Waals surface area contributed by atoms with Crippen LogP contribution in [0.3, 0.4) is 0 Å². The van der Waals surface area contributed by atoms with Crippen molar-refractivity contribution in [1.29, 1.82) is 0 Å². The van der Waals surface area contributed by atoms with Gasteiger partial charge in [0.15, 0.2) is 0 Å². The summed E-state index contributed by atoms with van der Waals surface area (Å²) in [5, 5.41) is 1.53. The van der Waals surface area contributed by atoms with Crippen molar-refractivity contribution in [3.8, 4) is 11.8 Å². The minimum absolute atomic E-state index is 0.111. The summed E-state index contributed by atoms with van der Waals surface area (Å²) in [5.41, 5.74) is 2.50. The highest BCUT2D eigenvalue weighted by Gasteiger charge is 2.28. The Morgan fingerprint density at radius 2 is 2.14 bits per heavy atom. The standard InChI is InChI=1S/C20H22ClN5O2/c1-3-15-17(21)16-18(13-6-9-26(10-7-13)12(2)27)24-20(25-19(16)23-15)28-14-5-4-8-22-11-14/h4-5,8,11,13H,3,6-7,9-10H2,1-2H3,(H,23,24,25). The van der Waals surface area contributed by atoms with Crippen molar-refractivity contribution >= 4 is 28.5 Å². The smallest absolute Gasteiger partial charge is 0.324 e. The minimum Gasteiger partial charge on any atom is -0.423 e. The first kappa shape index (κ1) is 18.7. The summed E-state index contributed by atoms with van der Waals surface area (Å²) >= 11 is 6.65. The molecule has 8 heteroatoms. The number of hydrogen-bond acceptors (Lipinski definition) is 5. The number of hydrogen-bond donors (Lipinski definition) is 1. The predicted octanol–water partition coefficient (Wildman–Crippen LogP) is 4.09. The zero-order chi connectivity index (χ0) is 19.7. The largest absolute Gasteiger partial charge is 0.423 e. The molecular formula is C20H22ClN5O2. The van der Waals surface area contributed by atoms with Crippen molar-refractivity contribution in [2.24, 2.45) is 0 Å². The first-order valence-electron chi connectivity index (χ1n) is 9.48. The van der Waals surface area contributed by atoms with E-state index in [2.05, 4.69) is 15.0 Å². The molecule has 3 aromatic heterocycles. The van der Waals surface area contributed by atoms with E-state index < -0.39 is 0 Å². The van der Waals surface area contributed by atoms with Crippen LogP contribution in [0.15, 0.2) is 24.5 Å². The van der Waals surface area contributed by atoms with Gasteiger partial charge in [0.2, 0.25) is 5.91 Å². The second kappa shape index (κ2) is 7.75. The zero-order valence-electron chi connectivity index (χ0n) is 15.9. The number of rotatable bonds is 4. The highest BCUT2D eigenvalue weighted by Crippen LogP contribution is 2.38. The van der Waals surface area contributed by atoms with E-state index in [1.54, 1.807) is 25.4 Å². The summed E-state index contributed by atoms with van der Waals surface area (Å²) in [7, 11) is 0. The predicted molar refractivity (Wildman–Crippen MR) is 107 cm³/mol. The molecule has 1 saturated heterocycles. The number of amides is 1. The minimum atomic E-state index is 0.111. The Hall–Kier alpha value is -2.67. The van der Waals surface area contributed by atoms with E-state index in [4.69, 9.17) is 21.3 Å². The third kappa shape index (κ3) is 3.54. The molecule has 1 N–H and O–H groups in total. The SMILES string of the molecule is CCc1[nH]c2nc(Oc3cccnc3)nc(C3CCN(C(C)=O)CC3)c2c1Cl. The van der Waals surface area contributed by atoms with Crippen molar-refractivity contribution in [1.82, 2.24) is 24.8 Å². The molecule has 0 spiro atoms. The van der Waals surface area contributed by atoms with Crippen LogP contribution in [-0.4, -0.2) is 43.8 Å². The van der Waals surface area contributed by atoms with Crippen LogP contribution in [0.1, 0.15) is 44.0 Å². The zero-order valence-corrected chi connectivity index (χ0v) is 16.7. The van der Waals surface area contributed by atoms with Gasteiger partial charge >= 0.3 is 6.01 Å². The second-order valence-electron chi connectivity index (χ2n) is 6.96. The van der Waals surface area contributed by atoms with Gasteiger partial charge in [0.25, 0.3) is 0 Å². The third-order valence-corrected chi connectivity index (χ3v) is 5.61. The van der Waals surface area contributed by atoms with Gasteiger partial charge in [-0.15, -0.1) is 0 Å². The summed E-state index contributed by atoms with van der Waals surface area (Å²) in [6.07, 6.45) is 5.75. The van der Waals surface area contributed by atoms with Crippen LogP contribution in [0.25, 0.3) is 11.0 Å². The van der Waals surface area contributed by atoms with E-state index >= 15 is 0 Å². The summed E-state index contributed by atoms with van der Waals surface area (Å²) < 4.78 is 5.85. The molecule has 4 heterocycles. The number of carbonyl (C=O) groups is 1. The van der Waals surface area contributed by atoms with Crippen LogP contribution in [-0.2, 0) is 11.2 Å². The molecule has 1 aliphatic heterocycles. The molecule has 146 valence electrons. The monoisotopic (exact) mass is 399 g/mol. The number of aromatic nitrogens is 4. The molecule has 0 atom stereocenters. The molecule has 0 unspecified atom stereocenters. The van der Waals surface area contributed by atoms with Gasteiger partial charge in [-0.2, -0.15) is 9.97 Å². The lowest BCUT2D eigenvalue weighted by Gasteiger charge is -2.31. The maximum Gasteiger partial charge on any atom is 0.324 e. The van der Waals surface area contributed by atoms with Crippen molar-refractivity contribution in [2.75, 3.05) is 13.1 Å². The first-order valence-corrected chi connectivity index (χ1v) is 9.86. The topological polar surface area (TPSA) is 84.0 Å². The van der Waals surface area contributed by atoms with Crippen LogP contribution in [0.4, 0.5) is 0 Å². The number of carbonyl (C=O) groups excluding carboxylic acids is 1. The number of nitrogens with one attached hydrogen (secondary N) is 1. The Balaban J connectivity index is 1.74. The lowest BCUT2D eigenvalue weighted by molar-refractivity contribution is -0.129. The number of halogens is 1. The fourth-order valence-corrected chi connectivity index (χ4v) is 4.04. The van der Waals surface area contributed by atoms with Gasteiger partial charge in [0.1, 0.15) is 11.4 Å². The van der Waals surface area contributed by atoms with Gasteiger partial charge in [-0.25, -0.2) is 0 Å². The maximum absolute atomic E-state index is 11.7. The van der Waals surface area contributed by atoms with Crippen molar-refractivity contribution in [3.05, 3.63) is 40.9 Å². The van der Waals surface area contributed by atoms with Gasteiger partial charge in [-0.05, 0) is 31.4 Å². The molecule has 7 nitrogen and oxygen atoms in total. The van der Waals surface area contributed by atoms with Crippen LogP contribution in [0.2, 0.25) is 5.02 Å². The normalized spacial score (nSPS) is 15.2. The Labute approximate surface area is 168 Å². The van der Waals surface area contributed by atoms with Crippen LogP contribution in [0, 0.1) is 0 Å². The fraction of sp³-hybridized carbons (Fsp3) is 0.400. The number of ether oxygens (including phenoxy) is 1. The number of H-pyrrole nitrogens is 1. The number of fused-ring (bicyclic) bond motifs is 1. The molecule has 28 heavy (non-hydrogen) atoms. The van der Waals surface area contributed by atoms with Crippen molar-refractivity contribution < 1.29 is 9.53 Å². The Morgan fingerprint density at radius 3 is 2.79 bits per heavy atom. The third-order valence-electron chi connectivity index (χ3n) is 5.19. The molecule has 0 aromatic carbocycles. The van der Waals surface area contributed by atoms with Gasteiger partial charge in [-0.3, -0.25) is 9.78 Å². The first-order chi connectivity index (χ1) is 13.6. The number of aromatic amines is 1. The number of nitrogens with zero attached hydrogens (tertiary/aromatic N) is 4. The summed E-state index contributed by atoms with van der Waals surface area (Å²) in [5.74, 6) is 0.878. The van der Waals surface area contributed by atoms with E-state index in [1.165, 1.54) is 0 Å².